The van der Waals surface area contributed by atoms with E-state index in [1.54, 1.807) is 6.92 Å². The van der Waals surface area contributed by atoms with Crippen molar-refractivity contribution in [1.82, 2.24) is 10.5 Å². The molecule has 0 spiro atoms. The maximum absolute atomic E-state index is 12.8. The molecule has 36 heavy (non-hydrogen) atoms. The van der Waals surface area contributed by atoms with Crippen molar-refractivity contribution in [3.05, 3.63) is 113 Å². The van der Waals surface area contributed by atoms with Gasteiger partial charge in [-0.15, -0.1) is 0 Å². The highest BCUT2D eigenvalue weighted by Gasteiger charge is 2.30. The van der Waals surface area contributed by atoms with Crippen molar-refractivity contribution in [3.63, 3.8) is 0 Å². The summed E-state index contributed by atoms with van der Waals surface area (Å²) in [5.74, 6) is 1.39. The molecule has 0 aliphatic rings. The molecule has 4 rings (SSSR count). The SMILES string of the molecule is Cc1oc(-c2ccc(C(F)(F)F)cc2)nc1COc1cccc(/C(=C/CNO)Cc2ccccc2)c1. The molecule has 0 radical (unpaired) electrons. The first kappa shape index (κ1) is 25.2. The van der Waals surface area contributed by atoms with Crippen LogP contribution >= 0.6 is 0 Å². The highest BCUT2D eigenvalue weighted by molar-refractivity contribution is 5.69. The molecule has 0 bridgehead atoms. The Bertz CT molecular complexity index is 1310. The minimum Gasteiger partial charge on any atom is -0.487 e. The number of hydroxylamine groups is 1. The van der Waals surface area contributed by atoms with Crippen LogP contribution in [0.2, 0.25) is 0 Å². The molecule has 8 heteroatoms. The monoisotopic (exact) mass is 494 g/mol. The molecule has 1 heterocycles. The van der Waals surface area contributed by atoms with E-state index in [4.69, 9.17) is 14.4 Å². The molecule has 0 amide bonds. The lowest BCUT2D eigenvalue weighted by Crippen LogP contribution is -2.07. The van der Waals surface area contributed by atoms with Gasteiger partial charge in [0.05, 0.1) is 5.56 Å². The van der Waals surface area contributed by atoms with Gasteiger partial charge in [0, 0.05) is 12.1 Å². The third-order valence-electron chi connectivity index (χ3n) is 5.61. The molecular formula is C28H25F3N2O3. The summed E-state index contributed by atoms with van der Waals surface area (Å²) in [6.45, 7) is 2.17. The summed E-state index contributed by atoms with van der Waals surface area (Å²) in [6, 6.07) is 22.3. The molecule has 0 atom stereocenters. The number of allylic oxidation sites excluding steroid dienone is 1. The Labute approximate surface area is 206 Å². The van der Waals surface area contributed by atoms with Gasteiger partial charge in [-0.25, -0.2) is 10.5 Å². The van der Waals surface area contributed by atoms with E-state index in [0.29, 0.717) is 35.7 Å². The molecule has 0 aliphatic carbocycles. The minimum absolute atomic E-state index is 0.134. The lowest BCUT2D eigenvalue weighted by atomic mass is 9.97. The number of halogens is 3. The second-order valence-electron chi connectivity index (χ2n) is 8.17. The van der Waals surface area contributed by atoms with Crippen molar-refractivity contribution in [2.24, 2.45) is 0 Å². The summed E-state index contributed by atoms with van der Waals surface area (Å²) < 4.78 is 50.1. The quantitative estimate of drug-likeness (QED) is 0.249. The van der Waals surface area contributed by atoms with Gasteiger partial charge in [0.1, 0.15) is 23.8 Å². The summed E-state index contributed by atoms with van der Waals surface area (Å²) in [6.07, 6.45) is -1.79. The van der Waals surface area contributed by atoms with Gasteiger partial charge >= 0.3 is 6.18 Å². The van der Waals surface area contributed by atoms with E-state index in [9.17, 15) is 13.2 Å². The van der Waals surface area contributed by atoms with Crippen LogP contribution in [0.4, 0.5) is 13.2 Å². The highest BCUT2D eigenvalue weighted by atomic mass is 19.4. The maximum Gasteiger partial charge on any atom is 0.416 e. The summed E-state index contributed by atoms with van der Waals surface area (Å²) in [4.78, 5) is 4.42. The number of alkyl halides is 3. The highest BCUT2D eigenvalue weighted by Crippen LogP contribution is 2.31. The standard InChI is InChI=1S/C28H25F3N2O3/c1-19-26(33-27(36-19)21-10-12-24(13-11-21)28(29,30)31)18-35-25-9-5-8-22(17-25)23(14-15-32-34)16-20-6-3-2-4-7-20/h2-14,17,32,34H,15-16,18H2,1H3/b23-14+. The van der Waals surface area contributed by atoms with Crippen LogP contribution in [0.5, 0.6) is 5.75 Å². The van der Waals surface area contributed by atoms with Gasteiger partial charge < -0.3 is 14.4 Å². The molecule has 0 unspecified atom stereocenters. The van der Waals surface area contributed by atoms with E-state index in [2.05, 4.69) is 10.5 Å². The van der Waals surface area contributed by atoms with Crippen molar-refractivity contribution in [3.8, 4) is 17.2 Å². The van der Waals surface area contributed by atoms with Crippen molar-refractivity contribution in [1.29, 1.82) is 0 Å². The van der Waals surface area contributed by atoms with E-state index in [1.807, 2.05) is 60.7 Å². The van der Waals surface area contributed by atoms with Gasteiger partial charge in [-0.05, 0) is 66.4 Å². The number of hydrogen-bond donors (Lipinski definition) is 2. The normalized spacial score (nSPS) is 12.1. The van der Waals surface area contributed by atoms with Crippen LogP contribution in [-0.4, -0.2) is 16.7 Å². The molecule has 0 aliphatic heterocycles. The summed E-state index contributed by atoms with van der Waals surface area (Å²) in [5.41, 5.74) is 5.56. The van der Waals surface area contributed by atoms with Gasteiger partial charge in [-0.3, -0.25) is 0 Å². The Morgan fingerprint density at radius 1 is 1.03 bits per heavy atom. The average Bonchev–Trinajstić information content (AvgIpc) is 3.26. The number of benzene rings is 3. The number of aromatic nitrogens is 1. The van der Waals surface area contributed by atoms with Gasteiger partial charge in [-0.2, -0.15) is 13.2 Å². The molecule has 4 aromatic rings. The number of rotatable bonds is 9. The third kappa shape index (κ3) is 6.41. The van der Waals surface area contributed by atoms with Crippen LogP contribution < -0.4 is 10.2 Å². The number of aryl methyl sites for hydroxylation is 1. The first-order chi connectivity index (χ1) is 17.3. The largest absolute Gasteiger partial charge is 0.487 e. The zero-order chi connectivity index (χ0) is 25.5. The number of oxazole rings is 1. The Morgan fingerprint density at radius 2 is 1.78 bits per heavy atom. The predicted molar refractivity (Wildman–Crippen MR) is 130 cm³/mol. The Kier molecular flexibility index (Phi) is 7.87. The van der Waals surface area contributed by atoms with Gasteiger partial charge in [0.15, 0.2) is 0 Å². The van der Waals surface area contributed by atoms with Crippen LogP contribution in [-0.2, 0) is 19.2 Å². The van der Waals surface area contributed by atoms with Crippen LogP contribution in [0.1, 0.15) is 28.1 Å². The Morgan fingerprint density at radius 3 is 2.47 bits per heavy atom. The van der Waals surface area contributed by atoms with E-state index in [-0.39, 0.29) is 12.5 Å². The van der Waals surface area contributed by atoms with Crippen LogP contribution in [0.25, 0.3) is 17.0 Å². The lowest BCUT2D eigenvalue weighted by molar-refractivity contribution is -0.137. The van der Waals surface area contributed by atoms with Crippen LogP contribution in [0.15, 0.2) is 89.4 Å². The second kappa shape index (κ2) is 11.2. The van der Waals surface area contributed by atoms with E-state index in [0.717, 1.165) is 28.8 Å². The van der Waals surface area contributed by atoms with Gasteiger partial charge in [0.2, 0.25) is 5.89 Å². The fraction of sp³-hybridized carbons (Fsp3) is 0.179. The van der Waals surface area contributed by atoms with Crippen molar-refractivity contribution in [2.75, 3.05) is 6.54 Å². The lowest BCUT2D eigenvalue weighted by Gasteiger charge is -2.11. The molecule has 0 fully saturated rings. The predicted octanol–water partition coefficient (Wildman–Crippen LogP) is 6.85. The van der Waals surface area contributed by atoms with Crippen LogP contribution in [0.3, 0.4) is 0 Å². The van der Waals surface area contributed by atoms with E-state index >= 15 is 0 Å². The molecule has 0 saturated heterocycles. The molecule has 3 aromatic carbocycles. The van der Waals surface area contributed by atoms with Crippen LogP contribution in [0, 0.1) is 6.92 Å². The summed E-state index contributed by atoms with van der Waals surface area (Å²) in [5, 5.41) is 9.07. The zero-order valence-electron chi connectivity index (χ0n) is 19.5. The number of hydrogen-bond acceptors (Lipinski definition) is 5. The van der Waals surface area contributed by atoms with Crippen molar-refractivity contribution >= 4 is 5.57 Å². The summed E-state index contributed by atoms with van der Waals surface area (Å²) >= 11 is 0. The number of ether oxygens (including phenoxy) is 1. The molecule has 0 saturated carbocycles. The average molecular weight is 495 g/mol. The topological polar surface area (TPSA) is 67.5 Å². The maximum atomic E-state index is 12.8. The third-order valence-corrected chi connectivity index (χ3v) is 5.61. The smallest absolute Gasteiger partial charge is 0.416 e. The fourth-order valence-corrected chi connectivity index (χ4v) is 3.70. The second-order valence-corrected chi connectivity index (χ2v) is 8.17. The Balaban J connectivity index is 1.48. The molecule has 5 nitrogen and oxygen atoms in total. The Hall–Kier alpha value is -3.88. The number of nitrogens with one attached hydrogen (secondary N) is 1. The number of nitrogens with zero attached hydrogens (tertiary/aromatic N) is 1. The van der Waals surface area contributed by atoms with Gasteiger partial charge in [0.25, 0.3) is 0 Å². The van der Waals surface area contributed by atoms with Crippen molar-refractivity contribution in [2.45, 2.75) is 26.1 Å². The molecule has 186 valence electrons. The van der Waals surface area contributed by atoms with E-state index < -0.39 is 11.7 Å². The zero-order valence-corrected chi connectivity index (χ0v) is 19.5. The molecule has 2 N–H and O–H groups in total. The first-order valence-electron chi connectivity index (χ1n) is 11.3. The van der Waals surface area contributed by atoms with E-state index in [1.165, 1.54) is 12.1 Å². The fourth-order valence-electron chi connectivity index (χ4n) is 3.70. The molecule has 1 aromatic heterocycles. The van der Waals surface area contributed by atoms with Gasteiger partial charge in [-0.1, -0.05) is 48.5 Å². The minimum atomic E-state index is -4.40. The molecular weight excluding hydrogens is 469 g/mol. The summed E-state index contributed by atoms with van der Waals surface area (Å²) in [7, 11) is 0. The first-order valence-corrected chi connectivity index (χ1v) is 11.3. The van der Waals surface area contributed by atoms with Crippen molar-refractivity contribution < 1.29 is 27.5 Å².